The van der Waals surface area contributed by atoms with E-state index in [4.69, 9.17) is 5.73 Å². The van der Waals surface area contributed by atoms with Crippen molar-refractivity contribution in [2.45, 2.75) is 38.4 Å². The Labute approximate surface area is 93.1 Å². The maximum atomic E-state index is 11.8. The molecule has 1 amide bonds. The highest BCUT2D eigenvalue weighted by Gasteiger charge is 2.33. The zero-order chi connectivity index (χ0) is 10.8. The number of aromatic nitrogens is 1. The van der Waals surface area contributed by atoms with Gasteiger partial charge in [0.2, 0.25) is 5.91 Å². The third kappa shape index (κ3) is 2.54. The van der Waals surface area contributed by atoms with E-state index in [1.165, 1.54) is 0 Å². The lowest BCUT2D eigenvalue weighted by Gasteiger charge is -2.23. The first-order valence-corrected chi connectivity index (χ1v) is 6.00. The van der Waals surface area contributed by atoms with Crippen molar-refractivity contribution < 1.29 is 4.79 Å². The van der Waals surface area contributed by atoms with Crippen LogP contribution in [0.25, 0.3) is 0 Å². The molecule has 1 fully saturated rings. The van der Waals surface area contributed by atoms with E-state index >= 15 is 0 Å². The molecule has 2 N–H and O–H groups in total. The van der Waals surface area contributed by atoms with E-state index in [1.807, 2.05) is 11.1 Å². The molecule has 4 nitrogen and oxygen atoms in total. The molecular weight excluding hydrogens is 210 g/mol. The monoisotopic (exact) mass is 225 g/mol. The van der Waals surface area contributed by atoms with E-state index < -0.39 is 6.04 Å². The Kier molecular flexibility index (Phi) is 3.02. The molecule has 1 aromatic heterocycles. The molecule has 0 bridgehead atoms. The normalized spacial score (nSPS) is 17.5. The first-order chi connectivity index (χ1) is 7.18. The van der Waals surface area contributed by atoms with E-state index in [-0.39, 0.29) is 5.91 Å². The molecule has 1 aromatic rings. The Morgan fingerprint density at radius 1 is 1.80 bits per heavy atom. The summed E-state index contributed by atoms with van der Waals surface area (Å²) in [5.74, 6) is 0.0471. The summed E-state index contributed by atoms with van der Waals surface area (Å²) in [4.78, 5) is 18.9. The van der Waals surface area contributed by atoms with Gasteiger partial charge in [-0.3, -0.25) is 9.78 Å². The van der Waals surface area contributed by atoms with Crippen LogP contribution in [0.5, 0.6) is 0 Å². The average molecular weight is 225 g/mol. The van der Waals surface area contributed by atoms with Gasteiger partial charge < -0.3 is 10.6 Å². The maximum Gasteiger partial charge on any atom is 0.239 e. The number of nitrogens with zero attached hydrogens (tertiary/aromatic N) is 2. The van der Waals surface area contributed by atoms with Gasteiger partial charge in [0.15, 0.2) is 0 Å². The molecule has 0 radical (unpaired) electrons. The molecule has 2 rings (SSSR count). The molecule has 5 heteroatoms. The predicted octanol–water partition coefficient (Wildman–Crippen LogP) is 0.981. The third-order valence-electron chi connectivity index (χ3n) is 2.47. The molecule has 15 heavy (non-hydrogen) atoms. The van der Waals surface area contributed by atoms with E-state index in [2.05, 4.69) is 4.98 Å². The van der Waals surface area contributed by atoms with Crippen molar-refractivity contribution >= 4 is 17.2 Å². The molecule has 82 valence electrons. The summed E-state index contributed by atoms with van der Waals surface area (Å²) < 4.78 is 0. The highest BCUT2D eigenvalue weighted by atomic mass is 32.1. The zero-order valence-corrected chi connectivity index (χ0v) is 9.54. The lowest BCUT2D eigenvalue weighted by molar-refractivity contribution is -0.133. The largest absolute Gasteiger partial charge is 0.333 e. The van der Waals surface area contributed by atoms with Crippen LogP contribution in [0, 0.1) is 0 Å². The fraction of sp³-hybridized carbons (Fsp3) is 0.600. The van der Waals surface area contributed by atoms with Crippen LogP contribution in [-0.4, -0.2) is 27.9 Å². The molecule has 1 saturated carbocycles. The fourth-order valence-electron chi connectivity index (χ4n) is 1.52. The van der Waals surface area contributed by atoms with Crippen LogP contribution in [0.1, 0.15) is 24.6 Å². The minimum atomic E-state index is -0.404. The number of carbonyl (C=O) groups excluding carboxylic acids is 1. The van der Waals surface area contributed by atoms with Crippen molar-refractivity contribution in [2.75, 3.05) is 0 Å². The van der Waals surface area contributed by atoms with E-state index in [9.17, 15) is 4.79 Å². The minimum absolute atomic E-state index is 0.0471. The molecular formula is C10H15N3OS. The van der Waals surface area contributed by atoms with E-state index in [0.29, 0.717) is 12.6 Å². The molecule has 0 aliphatic heterocycles. The second-order valence-corrected chi connectivity index (χ2v) is 4.92. The average Bonchev–Trinajstić information content (AvgIpc) is 2.92. The van der Waals surface area contributed by atoms with Gasteiger partial charge in [-0.2, -0.15) is 0 Å². The van der Waals surface area contributed by atoms with Gasteiger partial charge in [-0.15, -0.1) is 11.3 Å². The predicted molar refractivity (Wildman–Crippen MR) is 59.3 cm³/mol. The van der Waals surface area contributed by atoms with Crippen LogP contribution in [-0.2, 0) is 11.3 Å². The van der Waals surface area contributed by atoms with Gasteiger partial charge in [-0.1, -0.05) is 0 Å². The first kappa shape index (κ1) is 10.6. The quantitative estimate of drug-likeness (QED) is 0.831. The first-order valence-electron chi connectivity index (χ1n) is 5.12. The molecule has 0 saturated heterocycles. The highest BCUT2D eigenvalue weighted by molar-refractivity contribution is 7.09. The van der Waals surface area contributed by atoms with Crippen molar-refractivity contribution in [3.05, 3.63) is 16.6 Å². The highest BCUT2D eigenvalue weighted by Crippen LogP contribution is 2.29. The van der Waals surface area contributed by atoms with Gasteiger partial charge in [-0.05, 0) is 19.8 Å². The number of rotatable bonds is 4. The molecule has 1 aliphatic carbocycles. The number of amides is 1. The van der Waals surface area contributed by atoms with Crippen molar-refractivity contribution in [1.82, 2.24) is 9.88 Å². The Bertz CT molecular complexity index is 332. The van der Waals surface area contributed by atoms with Gasteiger partial charge in [0, 0.05) is 17.1 Å². The maximum absolute atomic E-state index is 11.8. The zero-order valence-electron chi connectivity index (χ0n) is 8.72. The van der Waals surface area contributed by atoms with Gasteiger partial charge in [0.25, 0.3) is 0 Å². The molecule has 1 atom stereocenters. The Balaban J connectivity index is 2.03. The summed E-state index contributed by atoms with van der Waals surface area (Å²) >= 11 is 1.58. The Morgan fingerprint density at radius 3 is 3.00 bits per heavy atom. The summed E-state index contributed by atoms with van der Waals surface area (Å²) in [5, 5.41) is 0. The second kappa shape index (κ2) is 4.28. The number of carbonyl (C=O) groups is 1. The number of nitrogens with two attached hydrogens (primary N) is 1. The lowest BCUT2D eigenvalue weighted by atomic mass is 10.3. The Morgan fingerprint density at radius 2 is 2.53 bits per heavy atom. The molecule has 0 spiro atoms. The smallest absolute Gasteiger partial charge is 0.239 e. The summed E-state index contributed by atoms with van der Waals surface area (Å²) in [5.41, 5.74) is 7.42. The van der Waals surface area contributed by atoms with Crippen LogP contribution >= 0.6 is 11.3 Å². The molecule has 1 aliphatic rings. The van der Waals surface area contributed by atoms with Gasteiger partial charge in [0.05, 0.1) is 18.1 Å². The SMILES string of the molecule is CC(N)C(=O)N(Cc1cncs1)C1CC1. The molecule has 0 aromatic carbocycles. The second-order valence-electron chi connectivity index (χ2n) is 3.95. The van der Waals surface area contributed by atoms with Crippen molar-refractivity contribution in [1.29, 1.82) is 0 Å². The molecule has 1 heterocycles. The van der Waals surface area contributed by atoms with Crippen LogP contribution in [0.4, 0.5) is 0 Å². The number of hydrogen-bond acceptors (Lipinski definition) is 4. The van der Waals surface area contributed by atoms with E-state index in [0.717, 1.165) is 17.7 Å². The van der Waals surface area contributed by atoms with Gasteiger partial charge in [-0.25, -0.2) is 0 Å². The summed E-state index contributed by atoms with van der Waals surface area (Å²) in [6.07, 6.45) is 4.03. The summed E-state index contributed by atoms with van der Waals surface area (Å²) in [6.45, 7) is 2.40. The van der Waals surface area contributed by atoms with Crippen molar-refractivity contribution in [2.24, 2.45) is 5.73 Å². The summed E-state index contributed by atoms with van der Waals surface area (Å²) in [6, 6.07) is 0.00382. The standard InChI is InChI=1S/C10H15N3OS/c1-7(11)10(14)13(8-2-3-8)5-9-4-12-6-15-9/h4,6-8H,2-3,5,11H2,1H3. The lowest BCUT2D eigenvalue weighted by Crippen LogP contribution is -2.42. The molecule has 1 unspecified atom stereocenters. The van der Waals surface area contributed by atoms with Crippen LogP contribution in [0.2, 0.25) is 0 Å². The van der Waals surface area contributed by atoms with Gasteiger partial charge >= 0.3 is 0 Å². The van der Waals surface area contributed by atoms with Crippen molar-refractivity contribution in [3.8, 4) is 0 Å². The van der Waals surface area contributed by atoms with Gasteiger partial charge in [0.1, 0.15) is 0 Å². The minimum Gasteiger partial charge on any atom is -0.333 e. The van der Waals surface area contributed by atoms with Crippen LogP contribution in [0.3, 0.4) is 0 Å². The topological polar surface area (TPSA) is 59.2 Å². The number of hydrogen-bond donors (Lipinski definition) is 1. The fourth-order valence-corrected chi connectivity index (χ4v) is 2.12. The Hall–Kier alpha value is -0.940. The van der Waals surface area contributed by atoms with Crippen LogP contribution in [0.15, 0.2) is 11.7 Å². The van der Waals surface area contributed by atoms with E-state index in [1.54, 1.807) is 23.8 Å². The summed E-state index contributed by atoms with van der Waals surface area (Å²) in [7, 11) is 0. The number of thiazole rings is 1. The van der Waals surface area contributed by atoms with Crippen LogP contribution < -0.4 is 5.73 Å². The van der Waals surface area contributed by atoms with Crippen molar-refractivity contribution in [3.63, 3.8) is 0 Å². The third-order valence-corrected chi connectivity index (χ3v) is 3.23.